The van der Waals surface area contributed by atoms with E-state index >= 15 is 0 Å². The van der Waals surface area contributed by atoms with Crippen molar-refractivity contribution in [2.75, 3.05) is 18.5 Å². The van der Waals surface area contributed by atoms with E-state index in [1.165, 1.54) is 6.33 Å². The molecule has 19 heavy (non-hydrogen) atoms. The lowest BCUT2D eigenvalue weighted by Gasteiger charge is -2.13. The van der Waals surface area contributed by atoms with Gasteiger partial charge in [-0.3, -0.25) is 4.57 Å². The van der Waals surface area contributed by atoms with Crippen LogP contribution in [0.15, 0.2) is 12.7 Å². The van der Waals surface area contributed by atoms with Gasteiger partial charge in [0, 0.05) is 6.54 Å². The molecule has 0 amide bonds. The predicted octanol–water partition coefficient (Wildman–Crippen LogP) is 0.928. The predicted molar refractivity (Wildman–Crippen MR) is 69.7 cm³/mol. The minimum atomic E-state index is -0.105. The van der Waals surface area contributed by atoms with Crippen molar-refractivity contribution in [1.29, 1.82) is 0 Å². The van der Waals surface area contributed by atoms with Crippen molar-refractivity contribution in [2.24, 2.45) is 0 Å². The number of hydrogen-bond donors (Lipinski definition) is 2. The Bertz CT molecular complexity index is 570. The SMILES string of the molecule is CCNc1ncnc2c1ncn2C1CCC(CO)O1. The van der Waals surface area contributed by atoms with Gasteiger partial charge in [-0.05, 0) is 19.8 Å². The molecule has 1 aliphatic rings. The topological polar surface area (TPSA) is 85.1 Å². The second-order valence-electron chi connectivity index (χ2n) is 4.55. The standard InChI is InChI=1S/C12H17N5O2/c1-2-13-11-10-12(15-6-14-11)17(7-16-10)9-4-3-8(5-18)19-9/h6-9,18H,2-5H2,1H3,(H,13,14,15). The van der Waals surface area contributed by atoms with E-state index in [-0.39, 0.29) is 18.9 Å². The van der Waals surface area contributed by atoms with Gasteiger partial charge >= 0.3 is 0 Å². The van der Waals surface area contributed by atoms with Crippen LogP contribution in [-0.2, 0) is 4.74 Å². The van der Waals surface area contributed by atoms with E-state index in [0.29, 0.717) is 0 Å². The molecule has 0 bridgehead atoms. The van der Waals surface area contributed by atoms with Gasteiger partial charge in [0.2, 0.25) is 0 Å². The zero-order chi connectivity index (χ0) is 13.2. The summed E-state index contributed by atoms with van der Waals surface area (Å²) in [6.45, 7) is 2.85. The molecule has 2 N–H and O–H groups in total. The van der Waals surface area contributed by atoms with Gasteiger partial charge in [-0.15, -0.1) is 0 Å². The molecule has 2 aromatic heterocycles. The Kier molecular flexibility index (Phi) is 3.31. The van der Waals surface area contributed by atoms with Crippen LogP contribution in [0.2, 0.25) is 0 Å². The van der Waals surface area contributed by atoms with Gasteiger partial charge in [0.1, 0.15) is 12.6 Å². The molecule has 7 nitrogen and oxygen atoms in total. The number of rotatable bonds is 4. The third-order valence-corrected chi connectivity index (χ3v) is 3.30. The molecule has 2 atom stereocenters. The van der Waals surface area contributed by atoms with E-state index < -0.39 is 0 Å². The molecule has 0 radical (unpaired) electrons. The van der Waals surface area contributed by atoms with Gasteiger partial charge in [-0.25, -0.2) is 15.0 Å². The molecule has 1 aliphatic heterocycles. The minimum absolute atomic E-state index is 0.0563. The third kappa shape index (κ3) is 2.15. The number of nitrogens with one attached hydrogen (secondary N) is 1. The van der Waals surface area contributed by atoms with Gasteiger partial charge in [0.15, 0.2) is 17.0 Å². The Balaban J connectivity index is 1.95. The van der Waals surface area contributed by atoms with Crippen LogP contribution >= 0.6 is 0 Å². The minimum Gasteiger partial charge on any atom is -0.394 e. The lowest BCUT2D eigenvalue weighted by molar-refractivity contribution is -0.0207. The summed E-state index contributed by atoms with van der Waals surface area (Å²) in [4.78, 5) is 12.8. The number of aliphatic hydroxyl groups is 1. The number of aliphatic hydroxyl groups excluding tert-OH is 1. The van der Waals surface area contributed by atoms with Crippen molar-refractivity contribution in [1.82, 2.24) is 19.5 Å². The van der Waals surface area contributed by atoms with Gasteiger partial charge in [-0.1, -0.05) is 0 Å². The molecule has 3 rings (SSSR count). The van der Waals surface area contributed by atoms with Gasteiger partial charge in [0.25, 0.3) is 0 Å². The molecule has 1 saturated heterocycles. The smallest absolute Gasteiger partial charge is 0.167 e. The molecule has 1 fully saturated rings. The normalized spacial score (nSPS) is 23.1. The van der Waals surface area contributed by atoms with Crippen molar-refractivity contribution in [3.05, 3.63) is 12.7 Å². The van der Waals surface area contributed by atoms with E-state index in [0.717, 1.165) is 36.4 Å². The van der Waals surface area contributed by atoms with Crippen LogP contribution < -0.4 is 5.32 Å². The van der Waals surface area contributed by atoms with Crippen LogP contribution in [0.1, 0.15) is 26.0 Å². The second kappa shape index (κ2) is 5.10. The van der Waals surface area contributed by atoms with Gasteiger partial charge in [-0.2, -0.15) is 0 Å². The van der Waals surface area contributed by atoms with Crippen molar-refractivity contribution < 1.29 is 9.84 Å². The summed E-state index contributed by atoms with van der Waals surface area (Å²) in [6.07, 6.45) is 4.77. The van der Waals surface area contributed by atoms with E-state index in [1.54, 1.807) is 6.33 Å². The Morgan fingerprint density at radius 3 is 3.05 bits per heavy atom. The first-order valence-electron chi connectivity index (χ1n) is 6.51. The highest BCUT2D eigenvalue weighted by Crippen LogP contribution is 2.30. The highest BCUT2D eigenvalue weighted by atomic mass is 16.5. The fraction of sp³-hybridized carbons (Fsp3) is 0.583. The average molecular weight is 263 g/mol. The molecule has 0 saturated carbocycles. The number of hydrogen-bond acceptors (Lipinski definition) is 6. The first kappa shape index (κ1) is 12.3. The first-order chi connectivity index (χ1) is 9.33. The van der Waals surface area contributed by atoms with Crippen LogP contribution in [-0.4, -0.2) is 43.9 Å². The maximum Gasteiger partial charge on any atom is 0.167 e. The molecule has 0 aliphatic carbocycles. The zero-order valence-electron chi connectivity index (χ0n) is 10.8. The van der Waals surface area contributed by atoms with E-state index in [1.807, 2.05) is 11.5 Å². The van der Waals surface area contributed by atoms with E-state index in [2.05, 4.69) is 20.3 Å². The Morgan fingerprint density at radius 2 is 2.32 bits per heavy atom. The molecule has 0 aromatic carbocycles. The average Bonchev–Trinajstić information content (AvgIpc) is 3.05. The Labute approximate surface area is 110 Å². The summed E-state index contributed by atoms with van der Waals surface area (Å²) < 4.78 is 7.67. The summed E-state index contributed by atoms with van der Waals surface area (Å²) in [5.41, 5.74) is 1.51. The van der Waals surface area contributed by atoms with E-state index in [9.17, 15) is 0 Å². The lowest BCUT2D eigenvalue weighted by Crippen LogP contribution is -2.14. The molecular formula is C12H17N5O2. The Hall–Kier alpha value is -1.73. The molecule has 2 unspecified atom stereocenters. The largest absolute Gasteiger partial charge is 0.394 e. The molecule has 0 spiro atoms. The van der Waals surface area contributed by atoms with E-state index in [4.69, 9.17) is 9.84 Å². The fourth-order valence-electron chi connectivity index (χ4n) is 2.39. The number of anilines is 1. The van der Waals surface area contributed by atoms with Crippen molar-refractivity contribution in [2.45, 2.75) is 32.1 Å². The lowest BCUT2D eigenvalue weighted by atomic mass is 10.2. The molecular weight excluding hydrogens is 246 g/mol. The number of fused-ring (bicyclic) bond motifs is 1. The first-order valence-corrected chi connectivity index (χ1v) is 6.51. The Morgan fingerprint density at radius 1 is 1.42 bits per heavy atom. The number of aromatic nitrogens is 4. The summed E-state index contributed by atoms with van der Waals surface area (Å²) in [6, 6.07) is 0. The molecule has 102 valence electrons. The van der Waals surface area contributed by atoms with Crippen molar-refractivity contribution >= 4 is 17.0 Å². The van der Waals surface area contributed by atoms with Crippen LogP contribution in [0, 0.1) is 0 Å². The maximum atomic E-state index is 9.12. The van der Waals surface area contributed by atoms with Crippen molar-refractivity contribution in [3.63, 3.8) is 0 Å². The number of imidazole rings is 1. The van der Waals surface area contributed by atoms with Crippen LogP contribution in [0.25, 0.3) is 11.2 Å². The quantitative estimate of drug-likeness (QED) is 0.853. The maximum absolute atomic E-state index is 9.12. The summed E-state index contributed by atoms with van der Waals surface area (Å²) in [5, 5.41) is 12.3. The fourth-order valence-corrected chi connectivity index (χ4v) is 2.39. The highest BCUT2D eigenvalue weighted by molar-refractivity contribution is 5.82. The molecule has 2 aromatic rings. The van der Waals surface area contributed by atoms with Crippen LogP contribution in [0.5, 0.6) is 0 Å². The molecule has 3 heterocycles. The third-order valence-electron chi connectivity index (χ3n) is 3.30. The highest BCUT2D eigenvalue weighted by Gasteiger charge is 2.27. The van der Waals surface area contributed by atoms with Gasteiger partial charge in [0.05, 0.1) is 19.0 Å². The van der Waals surface area contributed by atoms with Crippen LogP contribution in [0.3, 0.4) is 0 Å². The number of ether oxygens (including phenoxy) is 1. The molecule has 7 heteroatoms. The van der Waals surface area contributed by atoms with Crippen molar-refractivity contribution in [3.8, 4) is 0 Å². The zero-order valence-corrected chi connectivity index (χ0v) is 10.8. The van der Waals surface area contributed by atoms with Crippen LogP contribution in [0.4, 0.5) is 5.82 Å². The summed E-state index contributed by atoms with van der Waals surface area (Å²) in [5.74, 6) is 0.739. The second-order valence-corrected chi connectivity index (χ2v) is 4.55. The van der Waals surface area contributed by atoms with Gasteiger partial charge < -0.3 is 15.2 Å². The summed E-state index contributed by atoms with van der Waals surface area (Å²) >= 11 is 0. The monoisotopic (exact) mass is 263 g/mol. The summed E-state index contributed by atoms with van der Waals surface area (Å²) in [7, 11) is 0. The number of nitrogens with zero attached hydrogens (tertiary/aromatic N) is 4.